The quantitative estimate of drug-likeness (QED) is 0.118. The zero-order valence-corrected chi connectivity index (χ0v) is 36.0. The second-order valence-electron chi connectivity index (χ2n) is 16.8. The Morgan fingerprint density at radius 1 is 1.02 bits per heavy atom. The molecule has 17 heteroatoms. The normalized spacial score (nSPS) is 23.3. The van der Waals surface area contributed by atoms with Gasteiger partial charge in [-0.3, -0.25) is 34.4 Å². The highest BCUT2D eigenvalue weighted by Gasteiger charge is 2.56. The Morgan fingerprint density at radius 3 is 2.40 bits per heavy atom. The number of amides is 3. The average Bonchev–Trinajstić information content (AvgIpc) is 3.43. The predicted octanol–water partition coefficient (Wildman–Crippen LogP) is 6.40. The van der Waals surface area contributed by atoms with Crippen LogP contribution < -0.4 is 30.5 Å². The Hall–Kier alpha value is -5.28. The number of carbonyl (C=O) groups excluding carboxylic acids is 3. The van der Waals surface area contributed by atoms with Gasteiger partial charge in [0.15, 0.2) is 11.3 Å². The largest absolute Gasteiger partial charge is 0.492 e. The molecule has 3 heterocycles. The lowest BCUT2D eigenvalue weighted by atomic mass is 9.79. The molecule has 3 amide bonds. The van der Waals surface area contributed by atoms with Crippen LogP contribution in [0.1, 0.15) is 82.4 Å². The number of piperazine rings is 1. The number of benzene rings is 3. The number of rotatable bonds is 12. The number of nitrogens with zero attached hydrogens (tertiary/aromatic N) is 5. The number of imide groups is 1. The minimum absolute atomic E-state index is 0.0774. The first-order valence-corrected chi connectivity index (χ1v) is 21.7. The molecule has 3 aromatic rings. The number of carbonyl (C=O) groups is 3. The summed E-state index contributed by atoms with van der Waals surface area (Å²) >= 11 is 5.99. The highest BCUT2D eigenvalue weighted by atomic mass is 32.1. The summed E-state index contributed by atoms with van der Waals surface area (Å²) in [6, 6.07) is 17.7. The molecular weight excluding hydrogens is 822 g/mol. The molecule has 3 saturated heterocycles. The Morgan fingerprint density at radius 2 is 1.73 bits per heavy atom. The van der Waals surface area contributed by atoms with E-state index in [2.05, 4.69) is 39.6 Å². The van der Waals surface area contributed by atoms with Gasteiger partial charge >= 0.3 is 6.18 Å². The molecule has 4 fully saturated rings. The summed E-state index contributed by atoms with van der Waals surface area (Å²) in [5, 5.41) is 30.0. The summed E-state index contributed by atoms with van der Waals surface area (Å²) in [6.45, 7) is 9.01. The molecule has 4 atom stereocenters. The van der Waals surface area contributed by atoms with Crippen LogP contribution in [-0.2, 0) is 27.0 Å². The molecule has 4 N–H and O–H groups in total. The minimum Gasteiger partial charge on any atom is -0.492 e. The van der Waals surface area contributed by atoms with Crippen LogP contribution in [-0.4, -0.2) is 100 Å². The number of halogens is 3. The third-order valence-corrected chi connectivity index (χ3v) is 13.0. The number of aliphatic hydroxyl groups excluding tert-OH is 1. The lowest BCUT2D eigenvalue weighted by Gasteiger charge is -2.44. The maximum atomic E-state index is 14.0. The fourth-order valence-corrected chi connectivity index (χ4v) is 9.98. The summed E-state index contributed by atoms with van der Waals surface area (Å²) in [5.41, 5.74) is 0.578. The Balaban J connectivity index is 0.962. The maximum absolute atomic E-state index is 14.0. The van der Waals surface area contributed by atoms with Gasteiger partial charge in [0, 0.05) is 60.9 Å². The predicted molar refractivity (Wildman–Crippen MR) is 234 cm³/mol. The van der Waals surface area contributed by atoms with Gasteiger partial charge in [-0.2, -0.15) is 18.4 Å². The molecule has 2 unspecified atom stereocenters. The molecule has 0 radical (unpaired) electrons. The Labute approximate surface area is 365 Å². The van der Waals surface area contributed by atoms with Crippen molar-refractivity contribution in [2.75, 3.05) is 53.2 Å². The van der Waals surface area contributed by atoms with Gasteiger partial charge < -0.3 is 25.4 Å². The molecule has 1 spiro atoms. The number of hydrogen-bond acceptors (Lipinski definition) is 10. The maximum Gasteiger partial charge on any atom is 0.417 e. The van der Waals surface area contributed by atoms with E-state index in [0.29, 0.717) is 56.0 Å². The standard InChI is InChI=1S/C45H53F3N8O5S/c1-4-30-21-35(56-43(62)55(42(60)44(56)17-6-5-7-18-44)34-12-11-31(24-49)36(23-34)45(46,47)48)13-15-38(30)61-20-19-53-25-28(2)54(29(3)26-53)27-40(58)51-33-10-8-9-32(22-33)50-37-14-16-39(57)52-41(37)59/h8-13,15,21-23,28-29,37,42,50,60H,4-7,14,16-20,25-27H2,1-3H3,(H,51,58)(H,52,57,59)/t28-,29+,37?,42?. The van der Waals surface area contributed by atoms with E-state index in [4.69, 9.17) is 17.0 Å². The average molecular weight is 875 g/mol. The van der Waals surface area contributed by atoms with Crippen LogP contribution >= 0.6 is 12.2 Å². The van der Waals surface area contributed by atoms with E-state index < -0.39 is 35.1 Å². The van der Waals surface area contributed by atoms with Gasteiger partial charge in [0.05, 0.1) is 29.3 Å². The first kappa shape index (κ1) is 44.8. The SMILES string of the molecule is CCc1cc(N2C(=S)N(c3ccc(C#N)c(C(F)(F)F)c3)C(O)C23CCCCC3)ccc1OCCN1C[C@@H](C)N(CC(=O)Nc2cccc(NC3CCC(=O)NC3=O)c2)[C@@H](C)C1. The van der Waals surface area contributed by atoms with Crippen molar-refractivity contribution in [2.24, 2.45) is 0 Å². The summed E-state index contributed by atoms with van der Waals surface area (Å²) in [7, 11) is 0. The van der Waals surface area contributed by atoms with E-state index in [-0.39, 0.29) is 53.6 Å². The van der Waals surface area contributed by atoms with Crippen LogP contribution in [0.15, 0.2) is 60.7 Å². The minimum atomic E-state index is -4.76. The van der Waals surface area contributed by atoms with E-state index in [1.54, 1.807) is 24.3 Å². The molecular formula is C45H53F3N8O5S. The van der Waals surface area contributed by atoms with Crippen LogP contribution in [0.4, 0.5) is 35.9 Å². The van der Waals surface area contributed by atoms with Gasteiger partial charge in [-0.15, -0.1) is 0 Å². The molecule has 0 aromatic heterocycles. The molecule has 7 rings (SSSR count). The first-order chi connectivity index (χ1) is 29.6. The van der Waals surface area contributed by atoms with Crippen LogP contribution in [0.3, 0.4) is 0 Å². The number of nitrogens with one attached hydrogen (secondary N) is 3. The Bertz CT molecular complexity index is 2220. The zero-order chi connectivity index (χ0) is 44.3. The Kier molecular flexibility index (Phi) is 13.4. The number of hydrogen-bond donors (Lipinski definition) is 4. The molecule has 0 bridgehead atoms. The number of ether oxygens (including phenoxy) is 1. The lowest BCUT2D eigenvalue weighted by Crippen LogP contribution is -2.58. The van der Waals surface area contributed by atoms with Gasteiger partial charge in [-0.25, -0.2) is 0 Å². The van der Waals surface area contributed by atoms with Crippen molar-refractivity contribution in [3.05, 3.63) is 77.4 Å². The third-order valence-electron chi connectivity index (χ3n) is 12.6. The summed E-state index contributed by atoms with van der Waals surface area (Å²) in [4.78, 5) is 44.8. The highest BCUT2D eigenvalue weighted by molar-refractivity contribution is 7.80. The highest BCUT2D eigenvalue weighted by Crippen LogP contribution is 2.48. The molecule has 13 nitrogen and oxygen atoms in total. The number of aryl methyl sites for hydroxylation is 1. The van der Waals surface area contributed by atoms with Crippen molar-refractivity contribution >= 4 is 57.8 Å². The monoisotopic (exact) mass is 874 g/mol. The van der Waals surface area contributed by atoms with E-state index in [9.17, 15) is 37.9 Å². The fraction of sp³-hybridized carbons (Fsp3) is 0.489. The van der Waals surface area contributed by atoms with Gasteiger partial charge in [0.2, 0.25) is 17.7 Å². The fourth-order valence-electron chi connectivity index (χ4n) is 9.49. The number of aliphatic hydroxyl groups is 1. The third kappa shape index (κ3) is 9.38. The molecule has 330 valence electrons. The van der Waals surface area contributed by atoms with Crippen LogP contribution in [0.25, 0.3) is 0 Å². The summed E-state index contributed by atoms with van der Waals surface area (Å²) in [5.74, 6) is -0.0789. The molecule has 3 aliphatic heterocycles. The number of anilines is 4. The smallest absolute Gasteiger partial charge is 0.417 e. The van der Waals surface area contributed by atoms with Crippen molar-refractivity contribution in [1.29, 1.82) is 5.26 Å². The van der Waals surface area contributed by atoms with Gasteiger partial charge in [-0.05, 0) is 112 Å². The van der Waals surface area contributed by atoms with E-state index in [0.717, 1.165) is 55.7 Å². The molecule has 1 aliphatic carbocycles. The molecule has 3 aromatic carbocycles. The van der Waals surface area contributed by atoms with Crippen LogP contribution in [0.2, 0.25) is 0 Å². The van der Waals surface area contributed by atoms with Crippen molar-refractivity contribution in [3.63, 3.8) is 0 Å². The second kappa shape index (κ2) is 18.6. The number of piperidine rings is 1. The molecule has 62 heavy (non-hydrogen) atoms. The number of nitriles is 1. The zero-order valence-electron chi connectivity index (χ0n) is 35.1. The second-order valence-corrected chi connectivity index (χ2v) is 17.1. The van der Waals surface area contributed by atoms with Crippen LogP contribution in [0, 0.1) is 11.3 Å². The van der Waals surface area contributed by atoms with Crippen LogP contribution in [0.5, 0.6) is 5.75 Å². The first-order valence-electron chi connectivity index (χ1n) is 21.3. The van der Waals surface area contributed by atoms with Gasteiger partial charge in [0.25, 0.3) is 0 Å². The van der Waals surface area contributed by atoms with Gasteiger partial charge in [0.1, 0.15) is 18.4 Å². The summed E-state index contributed by atoms with van der Waals surface area (Å²) in [6.07, 6.45) is -0.839. The van der Waals surface area contributed by atoms with Crippen molar-refractivity contribution < 1.29 is 37.4 Å². The topological polar surface area (TPSA) is 154 Å². The van der Waals surface area contributed by atoms with Crippen molar-refractivity contribution in [1.82, 2.24) is 15.1 Å². The molecule has 4 aliphatic rings. The number of alkyl halides is 3. The van der Waals surface area contributed by atoms with Crippen molar-refractivity contribution in [3.8, 4) is 11.8 Å². The van der Waals surface area contributed by atoms with E-state index >= 15 is 0 Å². The number of thiocarbonyl (C=S) groups is 1. The molecule has 1 saturated carbocycles. The van der Waals surface area contributed by atoms with E-state index in [1.165, 1.54) is 11.0 Å². The van der Waals surface area contributed by atoms with Gasteiger partial charge in [-0.1, -0.05) is 32.3 Å². The lowest BCUT2D eigenvalue weighted by molar-refractivity contribution is -0.138. The van der Waals surface area contributed by atoms with Crippen molar-refractivity contribution in [2.45, 2.75) is 108 Å². The summed E-state index contributed by atoms with van der Waals surface area (Å²) < 4.78 is 48.4. The van der Waals surface area contributed by atoms with E-state index in [1.807, 2.05) is 36.1 Å².